The second-order valence-corrected chi connectivity index (χ2v) is 7.71. The minimum absolute atomic E-state index is 0.0343. The van der Waals surface area contributed by atoms with Gasteiger partial charge in [-0.3, -0.25) is 14.5 Å². The van der Waals surface area contributed by atoms with Crippen LogP contribution in [-0.4, -0.2) is 60.5 Å². The third kappa shape index (κ3) is 4.00. The number of aromatic hydroxyl groups is 1. The number of carbonyl (C=O) groups is 2. The first-order chi connectivity index (χ1) is 16.0. The number of phenols is 1. The fourth-order valence-corrected chi connectivity index (χ4v) is 4.31. The predicted octanol–water partition coefficient (Wildman–Crippen LogP) is 2.90. The minimum Gasteiger partial charge on any atom is -0.504 e. The van der Waals surface area contributed by atoms with Crippen LogP contribution in [0.15, 0.2) is 42.5 Å². The molecule has 3 aromatic rings. The first kappa shape index (κ1) is 22.6. The first-order valence-corrected chi connectivity index (χ1v) is 10.8. The van der Waals surface area contributed by atoms with Crippen molar-refractivity contribution in [1.82, 2.24) is 9.55 Å². The predicted molar refractivity (Wildman–Crippen MR) is 121 cm³/mol. The second kappa shape index (κ2) is 9.50. The van der Waals surface area contributed by atoms with Crippen LogP contribution in [0.2, 0.25) is 0 Å². The van der Waals surface area contributed by atoms with Crippen molar-refractivity contribution in [1.29, 1.82) is 0 Å². The number of para-hydroxylation sites is 2. The maximum Gasteiger partial charge on any atom is 0.321 e. The van der Waals surface area contributed by atoms with Gasteiger partial charge in [0.2, 0.25) is 11.9 Å². The van der Waals surface area contributed by atoms with E-state index in [1.165, 1.54) is 18.1 Å². The van der Waals surface area contributed by atoms with E-state index in [1.807, 2.05) is 28.8 Å². The van der Waals surface area contributed by atoms with Crippen molar-refractivity contribution >= 4 is 28.9 Å². The van der Waals surface area contributed by atoms with E-state index in [4.69, 9.17) is 19.2 Å². The average Bonchev–Trinajstić information content (AvgIpc) is 3.19. The molecule has 174 valence electrons. The Kier molecular flexibility index (Phi) is 6.50. The van der Waals surface area contributed by atoms with Gasteiger partial charge in [0, 0.05) is 20.3 Å². The van der Waals surface area contributed by atoms with E-state index in [2.05, 4.69) is 0 Å². The summed E-state index contributed by atoms with van der Waals surface area (Å²) in [6.45, 7) is 2.66. The average molecular weight is 453 g/mol. The number of phenolic OH excluding ortho intramolecular Hbond substituents is 1. The molecule has 0 radical (unpaired) electrons. The summed E-state index contributed by atoms with van der Waals surface area (Å²) in [5.74, 6) is -1.46. The van der Waals surface area contributed by atoms with E-state index in [1.54, 1.807) is 26.2 Å². The van der Waals surface area contributed by atoms with Gasteiger partial charge in [-0.25, -0.2) is 4.98 Å². The van der Waals surface area contributed by atoms with Crippen LogP contribution in [0.3, 0.4) is 0 Å². The molecule has 9 heteroatoms. The molecule has 2 atom stereocenters. The van der Waals surface area contributed by atoms with Crippen LogP contribution in [0.5, 0.6) is 11.5 Å². The number of hydrogen-bond donors (Lipinski definition) is 1. The van der Waals surface area contributed by atoms with Gasteiger partial charge in [0.1, 0.15) is 0 Å². The number of fused-ring (bicyclic) bond motifs is 3. The maximum absolute atomic E-state index is 13.7. The molecule has 0 saturated carbocycles. The number of hydrogen-bond acceptors (Lipinski definition) is 7. The van der Waals surface area contributed by atoms with Crippen molar-refractivity contribution < 1.29 is 28.9 Å². The van der Waals surface area contributed by atoms with E-state index in [-0.39, 0.29) is 24.0 Å². The van der Waals surface area contributed by atoms with Crippen molar-refractivity contribution in [3.63, 3.8) is 0 Å². The summed E-state index contributed by atoms with van der Waals surface area (Å²) in [6.07, 6.45) is 0.582. The molecular formula is C24H27N3O6. The highest BCUT2D eigenvalue weighted by molar-refractivity contribution is 6.08. The van der Waals surface area contributed by atoms with Crippen molar-refractivity contribution in [3.05, 3.63) is 48.0 Å². The summed E-state index contributed by atoms with van der Waals surface area (Å²) in [5.41, 5.74) is 2.11. The van der Waals surface area contributed by atoms with Gasteiger partial charge >= 0.3 is 5.97 Å². The normalized spacial score (nSPS) is 17.8. The number of methoxy groups -OCH3 is 2. The van der Waals surface area contributed by atoms with Crippen molar-refractivity contribution in [2.24, 2.45) is 5.92 Å². The molecule has 1 aliphatic rings. The zero-order chi connectivity index (χ0) is 23.5. The van der Waals surface area contributed by atoms with Crippen molar-refractivity contribution in [3.8, 4) is 11.5 Å². The molecule has 0 bridgehead atoms. The van der Waals surface area contributed by atoms with Gasteiger partial charge in [0.05, 0.1) is 30.8 Å². The fourth-order valence-electron chi connectivity index (χ4n) is 4.31. The number of anilines is 1. The Morgan fingerprint density at radius 2 is 1.97 bits per heavy atom. The molecular weight excluding hydrogens is 426 g/mol. The molecule has 0 saturated heterocycles. The molecule has 9 nitrogen and oxygen atoms in total. The summed E-state index contributed by atoms with van der Waals surface area (Å²) in [7, 11) is 3.05. The van der Waals surface area contributed by atoms with Gasteiger partial charge < -0.3 is 23.9 Å². The highest BCUT2D eigenvalue weighted by Crippen LogP contribution is 2.43. The molecule has 1 N–H and O–H groups in total. The van der Waals surface area contributed by atoms with Gasteiger partial charge in [0.15, 0.2) is 17.4 Å². The van der Waals surface area contributed by atoms with Crippen LogP contribution in [0, 0.1) is 5.92 Å². The van der Waals surface area contributed by atoms with E-state index >= 15 is 0 Å². The lowest BCUT2D eigenvalue weighted by Gasteiger charge is -2.38. The molecule has 0 aliphatic carbocycles. The quantitative estimate of drug-likeness (QED) is 0.318. The molecule has 1 aliphatic heterocycles. The number of benzene rings is 2. The summed E-state index contributed by atoms with van der Waals surface area (Å²) >= 11 is 0. The Hall–Kier alpha value is -3.59. The van der Waals surface area contributed by atoms with Gasteiger partial charge in [-0.2, -0.15) is 0 Å². The van der Waals surface area contributed by atoms with E-state index in [9.17, 15) is 14.7 Å². The van der Waals surface area contributed by atoms with Crippen LogP contribution in [0.4, 0.5) is 5.95 Å². The molecule has 1 aromatic heterocycles. The number of nitrogens with zero attached hydrogens (tertiary/aromatic N) is 3. The second-order valence-electron chi connectivity index (χ2n) is 7.71. The van der Waals surface area contributed by atoms with Crippen LogP contribution in [-0.2, 0) is 19.1 Å². The highest BCUT2D eigenvalue weighted by Gasteiger charge is 2.47. The topological polar surface area (TPSA) is 103 Å². The SMILES string of the molecule is CCOC(=O)[C@@H]1C(=O)N(CCCOC)c2nc3ccccc3n2[C@@H]1c1ccc(O)c(OC)c1. The molecule has 1 amide bonds. The lowest BCUT2D eigenvalue weighted by atomic mass is 9.89. The third-order valence-electron chi connectivity index (χ3n) is 5.76. The number of imidazole rings is 1. The Bertz CT molecular complexity index is 1170. The zero-order valence-electron chi connectivity index (χ0n) is 18.9. The summed E-state index contributed by atoms with van der Waals surface area (Å²) < 4.78 is 17.7. The van der Waals surface area contributed by atoms with E-state index in [0.29, 0.717) is 36.6 Å². The molecule has 0 fully saturated rings. The van der Waals surface area contributed by atoms with Crippen LogP contribution in [0.25, 0.3) is 11.0 Å². The van der Waals surface area contributed by atoms with Crippen molar-refractivity contribution in [2.75, 3.05) is 38.9 Å². The first-order valence-electron chi connectivity index (χ1n) is 10.8. The lowest BCUT2D eigenvalue weighted by molar-refractivity contribution is -0.153. The number of esters is 1. The molecule has 33 heavy (non-hydrogen) atoms. The summed E-state index contributed by atoms with van der Waals surface area (Å²) in [6, 6.07) is 11.6. The van der Waals surface area contributed by atoms with Gasteiger partial charge in [0.25, 0.3) is 0 Å². The highest BCUT2D eigenvalue weighted by atomic mass is 16.5. The maximum atomic E-state index is 13.7. The standard InChI is InChI=1S/C24H27N3O6/c1-4-33-23(30)20-21(15-10-11-18(28)19(14-15)32-3)27-17-9-6-5-8-16(17)25-24(27)26(22(20)29)12-7-13-31-2/h5-6,8-11,14,20-21,28H,4,7,12-13H2,1-3H3/t20-,21+/m0/s1. The van der Waals surface area contributed by atoms with E-state index in [0.717, 1.165) is 5.52 Å². The number of aromatic nitrogens is 2. The molecule has 4 rings (SSSR count). The molecule has 0 spiro atoms. The molecule has 2 heterocycles. The fraction of sp³-hybridized carbons (Fsp3) is 0.375. The Morgan fingerprint density at radius 3 is 2.70 bits per heavy atom. The lowest BCUT2D eigenvalue weighted by Crippen LogP contribution is -2.50. The Morgan fingerprint density at radius 1 is 1.18 bits per heavy atom. The Balaban J connectivity index is 1.96. The third-order valence-corrected chi connectivity index (χ3v) is 5.76. The summed E-state index contributed by atoms with van der Waals surface area (Å²) in [5, 5.41) is 10.1. The monoisotopic (exact) mass is 453 g/mol. The van der Waals surface area contributed by atoms with Gasteiger partial charge in [-0.1, -0.05) is 18.2 Å². The largest absolute Gasteiger partial charge is 0.504 e. The van der Waals surface area contributed by atoms with Crippen molar-refractivity contribution in [2.45, 2.75) is 19.4 Å². The van der Waals surface area contributed by atoms with Crippen LogP contribution < -0.4 is 9.64 Å². The minimum atomic E-state index is -1.13. The number of amides is 1. The summed E-state index contributed by atoms with van der Waals surface area (Å²) in [4.78, 5) is 33.1. The molecule has 0 unspecified atom stereocenters. The van der Waals surface area contributed by atoms with Gasteiger partial charge in [-0.05, 0) is 43.2 Å². The number of carbonyl (C=O) groups excluding carboxylic acids is 2. The van der Waals surface area contributed by atoms with Gasteiger partial charge in [-0.15, -0.1) is 0 Å². The zero-order valence-corrected chi connectivity index (χ0v) is 18.9. The van der Waals surface area contributed by atoms with Crippen LogP contribution >= 0.6 is 0 Å². The smallest absolute Gasteiger partial charge is 0.321 e. The Labute approximate surface area is 191 Å². The van der Waals surface area contributed by atoms with Crippen LogP contribution in [0.1, 0.15) is 24.9 Å². The number of ether oxygens (including phenoxy) is 3. The number of rotatable bonds is 8. The molecule has 2 aromatic carbocycles. The van der Waals surface area contributed by atoms with E-state index < -0.39 is 17.9 Å².